The molecular formula is C20H24N2O3S. The Bertz CT molecular complexity index is 866. The zero-order valence-corrected chi connectivity index (χ0v) is 16.1. The maximum absolute atomic E-state index is 12.4. The summed E-state index contributed by atoms with van der Waals surface area (Å²) in [5.74, 6) is -0.242. The Morgan fingerprint density at radius 1 is 1.00 bits per heavy atom. The molecule has 26 heavy (non-hydrogen) atoms. The van der Waals surface area contributed by atoms with Crippen molar-refractivity contribution < 1.29 is 13.2 Å². The van der Waals surface area contributed by atoms with E-state index < -0.39 is 10.0 Å². The van der Waals surface area contributed by atoms with Crippen LogP contribution in [-0.2, 0) is 14.8 Å². The number of sulfonamides is 1. The van der Waals surface area contributed by atoms with Crippen molar-refractivity contribution in [2.24, 2.45) is 0 Å². The molecule has 2 rings (SSSR count). The van der Waals surface area contributed by atoms with Gasteiger partial charge in [-0.3, -0.25) is 4.79 Å². The van der Waals surface area contributed by atoms with Gasteiger partial charge in [-0.25, -0.2) is 8.42 Å². The van der Waals surface area contributed by atoms with Crippen LogP contribution < -0.4 is 5.32 Å². The molecule has 0 atom stereocenters. The van der Waals surface area contributed by atoms with Crippen LogP contribution in [0.5, 0.6) is 0 Å². The van der Waals surface area contributed by atoms with Crippen molar-refractivity contribution in [3.05, 3.63) is 65.7 Å². The molecule has 0 saturated carbocycles. The van der Waals surface area contributed by atoms with Gasteiger partial charge < -0.3 is 5.32 Å². The number of nitrogens with one attached hydrogen (secondary N) is 1. The lowest BCUT2D eigenvalue weighted by molar-refractivity contribution is -0.111. The first-order valence-electron chi connectivity index (χ1n) is 8.52. The quantitative estimate of drug-likeness (QED) is 0.754. The molecule has 2 aromatic rings. The van der Waals surface area contributed by atoms with Gasteiger partial charge in [-0.05, 0) is 42.8 Å². The largest absolute Gasteiger partial charge is 0.323 e. The van der Waals surface area contributed by atoms with E-state index in [1.54, 1.807) is 30.3 Å². The third-order valence-electron chi connectivity index (χ3n) is 3.97. The average Bonchev–Trinajstić information content (AvgIpc) is 2.63. The van der Waals surface area contributed by atoms with Gasteiger partial charge in [0.25, 0.3) is 0 Å². The number of rotatable bonds is 7. The Balaban J connectivity index is 2.05. The number of amides is 1. The Kier molecular flexibility index (Phi) is 6.71. The van der Waals surface area contributed by atoms with Crippen molar-refractivity contribution in [3.8, 4) is 0 Å². The average molecular weight is 372 g/mol. The molecule has 5 nitrogen and oxygen atoms in total. The molecule has 0 aromatic heterocycles. The number of hydrogen-bond donors (Lipinski definition) is 1. The van der Waals surface area contributed by atoms with E-state index in [9.17, 15) is 13.2 Å². The first-order chi connectivity index (χ1) is 12.4. The van der Waals surface area contributed by atoms with Gasteiger partial charge >= 0.3 is 0 Å². The molecule has 0 radical (unpaired) electrons. The van der Waals surface area contributed by atoms with Crippen molar-refractivity contribution in [3.63, 3.8) is 0 Å². The lowest BCUT2D eigenvalue weighted by atomic mass is 10.2. The number of carbonyl (C=O) groups excluding carboxylic acids is 1. The molecule has 1 amide bonds. The zero-order chi connectivity index (χ0) is 19.2. The highest BCUT2D eigenvalue weighted by Gasteiger charge is 2.20. The van der Waals surface area contributed by atoms with Crippen LogP contribution in [0.25, 0.3) is 6.08 Å². The summed E-state index contributed by atoms with van der Waals surface area (Å²) in [5.41, 5.74) is 2.60. The van der Waals surface area contributed by atoms with E-state index >= 15 is 0 Å². The summed E-state index contributed by atoms with van der Waals surface area (Å²) in [6, 6.07) is 14.0. The monoisotopic (exact) mass is 372 g/mol. The second-order valence-electron chi connectivity index (χ2n) is 5.85. The van der Waals surface area contributed by atoms with E-state index in [4.69, 9.17) is 0 Å². The van der Waals surface area contributed by atoms with Gasteiger partial charge in [-0.15, -0.1) is 0 Å². The summed E-state index contributed by atoms with van der Waals surface area (Å²) in [4.78, 5) is 12.2. The highest BCUT2D eigenvalue weighted by Crippen LogP contribution is 2.17. The maximum atomic E-state index is 12.4. The van der Waals surface area contributed by atoms with E-state index in [0.717, 1.165) is 16.8 Å². The standard InChI is InChI=1S/C20H24N2O3S/c1-4-22(5-2)26(24,25)19-13-8-17(9-14-19)10-15-20(23)21-18-11-6-16(3)7-12-18/h6-15H,4-5H2,1-3H3,(H,21,23). The van der Waals surface area contributed by atoms with Gasteiger partial charge in [0.15, 0.2) is 0 Å². The molecule has 0 aliphatic carbocycles. The van der Waals surface area contributed by atoms with Crippen LogP contribution in [0.15, 0.2) is 59.5 Å². The third-order valence-corrected chi connectivity index (χ3v) is 6.03. The number of nitrogens with zero attached hydrogens (tertiary/aromatic N) is 1. The minimum atomic E-state index is -3.46. The summed E-state index contributed by atoms with van der Waals surface area (Å²) in [6.45, 7) is 6.46. The minimum absolute atomic E-state index is 0.242. The molecule has 0 heterocycles. The Labute approximate surface area is 155 Å². The molecular weight excluding hydrogens is 348 g/mol. The van der Waals surface area contributed by atoms with Crippen LogP contribution in [-0.4, -0.2) is 31.7 Å². The highest BCUT2D eigenvalue weighted by atomic mass is 32.2. The summed E-state index contributed by atoms with van der Waals surface area (Å²) in [6.07, 6.45) is 3.07. The van der Waals surface area contributed by atoms with Crippen molar-refractivity contribution >= 4 is 27.7 Å². The first kappa shape index (κ1) is 19.9. The van der Waals surface area contributed by atoms with Gasteiger partial charge in [0.2, 0.25) is 15.9 Å². The number of carbonyl (C=O) groups is 1. The van der Waals surface area contributed by atoms with Gasteiger partial charge in [-0.2, -0.15) is 4.31 Å². The molecule has 0 aliphatic heterocycles. The van der Waals surface area contributed by atoms with Crippen LogP contribution in [0.4, 0.5) is 5.69 Å². The van der Waals surface area contributed by atoms with E-state index in [1.807, 2.05) is 45.0 Å². The summed E-state index contributed by atoms with van der Waals surface area (Å²) >= 11 is 0. The van der Waals surface area contributed by atoms with Gasteiger partial charge in [0.1, 0.15) is 0 Å². The van der Waals surface area contributed by atoms with Crippen LogP contribution in [0, 0.1) is 6.92 Å². The summed E-state index contributed by atoms with van der Waals surface area (Å²) < 4.78 is 26.3. The summed E-state index contributed by atoms with van der Waals surface area (Å²) in [5, 5.41) is 2.78. The minimum Gasteiger partial charge on any atom is -0.323 e. The fourth-order valence-electron chi connectivity index (χ4n) is 2.46. The lowest BCUT2D eigenvalue weighted by Crippen LogP contribution is -2.30. The van der Waals surface area contributed by atoms with Crippen molar-refractivity contribution in [2.45, 2.75) is 25.7 Å². The van der Waals surface area contributed by atoms with E-state index in [-0.39, 0.29) is 10.8 Å². The number of benzene rings is 2. The number of anilines is 1. The second kappa shape index (κ2) is 8.78. The number of aryl methyl sites for hydroxylation is 1. The van der Waals surface area contributed by atoms with Crippen LogP contribution in [0.2, 0.25) is 0 Å². The highest BCUT2D eigenvalue weighted by molar-refractivity contribution is 7.89. The molecule has 0 aliphatic rings. The number of hydrogen-bond acceptors (Lipinski definition) is 3. The Morgan fingerprint density at radius 3 is 2.12 bits per heavy atom. The SMILES string of the molecule is CCN(CC)S(=O)(=O)c1ccc(C=CC(=O)Nc2ccc(C)cc2)cc1. The molecule has 2 aromatic carbocycles. The van der Waals surface area contributed by atoms with Crippen molar-refractivity contribution in [1.82, 2.24) is 4.31 Å². The van der Waals surface area contributed by atoms with Crippen LogP contribution in [0.3, 0.4) is 0 Å². The zero-order valence-electron chi connectivity index (χ0n) is 15.3. The fourth-order valence-corrected chi connectivity index (χ4v) is 3.91. The van der Waals surface area contributed by atoms with Crippen LogP contribution >= 0.6 is 0 Å². The van der Waals surface area contributed by atoms with Gasteiger partial charge in [0, 0.05) is 24.9 Å². The molecule has 0 fully saturated rings. The predicted molar refractivity (Wildman–Crippen MR) is 105 cm³/mol. The molecule has 1 N–H and O–H groups in total. The smallest absolute Gasteiger partial charge is 0.248 e. The van der Waals surface area contributed by atoms with Crippen LogP contribution in [0.1, 0.15) is 25.0 Å². The summed E-state index contributed by atoms with van der Waals surface area (Å²) in [7, 11) is -3.46. The fraction of sp³-hybridized carbons (Fsp3) is 0.250. The molecule has 0 bridgehead atoms. The Morgan fingerprint density at radius 2 is 1.58 bits per heavy atom. The molecule has 0 saturated heterocycles. The van der Waals surface area contributed by atoms with E-state index in [0.29, 0.717) is 13.1 Å². The third kappa shape index (κ3) is 5.03. The first-order valence-corrected chi connectivity index (χ1v) is 9.96. The molecule has 6 heteroatoms. The normalized spacial score (nSPS) is 11.8. The predicted octanol–water partition coefficient (Wildman–Crippen LogP) is 3.68. The second-order valence-corrected chi connectivity index (χ2v) is 7.78. The van der Waals surface area contributed by atoms with Crippen molar-refractivity contribution in [2.75, 3.05) is 18.4 Å². The van der Waals surface area contributed by atoms with Gasteiger partial charge in [0.05, 0.1) is 4.90 Å². The molecule has 0 spiro atoms. The maximum Gasteiger partial charge on any atom is 0.248 e. The van der Waals surface area contributed by atoms with E-state index in [1.165, 1.54) is 10.4 Å². The van der Waals surface area contributed by atoms with Crippen molar-refractivity contribution in [1.29, 1.82) is 0 Å². The lowest BCUT2D eigenvalue weighted by Gasteiger charge is -2.18. The Hall–Kier alpha value is -2.44. The molecule has 138 valence electrons. The topological polar surface area (TPSA) is 66.5 Å². The van der Waals surface area contributed by atoms with E-state index in [2.05, 4.69) is 5.32 Å². The molecule has 0 unspecified atom stereocenters. The van der Waals surface area contributed by atoms with Gasteiger partial charge in [-0.1, -0.05) is 43.7 Å².